The number of rotatable bonds is 13. The number of benzene rings is 2. The number of hydrogen-bond donors (Lipinski definition) is 0. The Morgan fingerprint density at radius 3 is 2.23 bits per heavy atom. The molecule has 1 amide bonds. The average Bonchev–Trinajstić information content (AvgIpc) is 3.51. The molecule has 0 saturated heterocycles. The van der Waals surface area contributed by atoms with Crippen molar-refractivity contribution in [1.29, 1.82) is 0 Å². The van der Waals surface area contributed by atoms with E-state index in [1.807, 2.05) is 24.3 Å². The molecule has 0 bridgehead atoms. The minimum Gasteiger partial charge on any atom is -0.463 e. The fourth-order valence-electron chi connectivity index (χ4n) is 4.66. The molecule has 0 aliphatic carbocycles. The largest absolute Gasteiger partial charge is 0.463 e. The number of aryl methyl sites for hydroxylation is 1. The minimum absolute atomic E-state index is 0.000196. The van der Waals surface area contributed by atoms with Gasteiger partial charge in [0.15, 0.2) is 5.76 Å². The Bertz CT molecular complexity index is 1430. The second-order valence-corrected chi connectivity index (χ2v) is 9.55. The number of pyridine rings is 1. The van der Waals surface area contributed by atoms with Crippen molar-refractivity contribution in [1.82, 2.24) is 4.98 Å². The Kier molecular flexibility index (Phi) is 9.45. The number of carbonyl (C=O) groups is 1. The van der Waals surface area contributed by atoms with Crippen LogP contribution in [0.1, 0.15) is 67.8 Å². The molecule has 0 atom stereocenters. The molecule has 8 heteroatoms. The van der Waals surface area contributed by atoms with Gasteiger partial charge < -0.3 is 4.42 Å². The van der Waals surface area contributed by atoms with Crippen molar-refractivity contribution in [2.45, 2.75) is 58.3 Å². The zero-order chi connectivity index (χ0) is 27.6. The third kappa shape index (κ3) is 7.10. The summed E-state index contributed by atoms with van der Waals surface area (Å²) >= 11 is 0. The van der Waals surface area contributed by atoms with Crippen LogP contribution in [-0.4, -0.2) is 15.8 Å². The molecule has 2 aromatic heterocycles. The van der Waals surface area contributed by atoms with Crippen LogP contribution in [0, 0.1) is 15.0 Å². The van der Waals surface area contributed by atoms with Crippen LogP contribution in [0.15, 0.2) is 82.6 Å². The van der Waals surface area contributed by atoms with E-state index in [0.29, 0.717) is 29.1 Å². The number of amides is 1. The molecular weight excluding hydrogens is 494 g/mol. The van der Waals surface area contributed by atoms with E-state index in [1.165, 1.54) is 37.8 Å². The van der Waals surface area contributed by atoms with E-state index in [4.69, 9.17) is 9.40 Å². The van der Waals surface area contributed by atoms with Gasteiger partial charge in [-0.2, -0.15) is 0 Å². The molecule has 8 nitrogen and oxygen atoms in total. The fraction of sp³-hybridized carbons (Fsp3) is 0.290. The first-order valence-electron chi connectivity index (χ1n) is 13.3. The Morgan fingerprint density at radius 1 is 0.872 bits per heavy atom. The zero-order valence-electron chi connectivity index (χ0n) is 22.0. The number of nitro groups is 1. The predicted molar refractivity (Wildman–Crippen MR) is 151 cm³/mol. The third-order valence-corrected chi connectivity index (χ3v) is 6.77. The van der Waals surface area contributed by atoms with Crippen LogP contribution in [0.5, 0.6) is 0 Å². The maximum absolute atomic E-state index is 12.3. The van der Waals surface area contributed by atoms with Gasteiger partial charge in [-0.1, -0.05) is 57.6 Å². The topological polar surface area (TPSA) is 116 Å². The summed E-state index contributed by atoms with van der Waals surface area (Å²) in [5, 5.41) is 13.8. The summed E-state index contributed by atoms with van der Waals surface area (Å²) in [5.41, 5.74) is 4.76. The van der Waals surface area contributed by atoms with E-state index in [2.05, 4.69) is 12.1 Å². The molecule has 39 heavy (non-hydrogen) atoms. The molecule has 2 aromatic carbocycles. The monoisotopic (exact) mass is 525 g/mol. The number of nitro benzene ring substituents is 1. The Hall–Kier alpha value is -4.46. The number of aromatic nitrogens is 1. The summed E-state index contributed by atoms with van der Waals surface area (Å²) in [7, 11) is 0. The highest BCUT2D eigenvalue weighted by molar-refractivity contribution is 5.97. The van der Waals surface area contributed by atoms with Crippen molar-refractivity contribution in [3.8, 4) is 33.8 Å². The second kappa shape index (κ2) is 13.4. The van der Waals surface area contributed by atoms with Crippen LogP contribution in [0.25, 0.3) is 33.8 Å². The van der Waals surface area contributed by atoms with Crippen LogP contribution in [-0.2, 0) is 6.42 Å². The summed E-state index contributed by atoms with van der Waals surface area (Å²) in [6, 6.07) is 19.0. The van der Waals surface area contributed by atoms with Crippen molar-refractivity contribution in [2.24, 2.45) is 5.18 Å². The summed E-state index contributed by atoms with van der Waals surface area (Å²) < 4.78 is 5.60. The molecule has 0 spiro atoms. The first kappa shape index (κ1) is 27.6. The highest BCUT2D eigenvalue weighted by atomic mass is 16.6. The Morgan fingerprint density at radius 2 is 1.56 bits per heavy atom. The number of hydrogen-bond acceptors (Lipinski definition) is 6. The van der Waals surface area contributed by atoms with Crippen molar-refractivity contribution >= 4 is 11.6 Å². The zero-order valence-corrected chi connectivity index (χ0v) is 22.0. The molecule has 2 heterocycles. The van der Waals surface area contributed by atoms with Crippen LogP contribution in [0.4, 0.5) is 5.69 Å². The second-order valence-electron chi connectivity index (χ2n) is 9.55. The van der Waals surface area contributed by atoms with Gasteiger partial charge in [-0.05, 0) is 72.0 Å². The Balaban J connectivity index is 1.68. The van der Waals surface area contributed by atoms with Gasteiger partial charge >= 0.3 is 5.91 Å². The summed E-state index contributed by atoms with van der Waals surface area (Å²) in [6.45, 7) is 2.20. The third-order valence-electron chi connectivity index (χ3n) is 6.77. The van der Waals surface area contributed by atoms with E-state index >= 15 is 0 Å². The summed E-state index contributed by atoms with van der Waals surface area (Å²) in [6.07, 6.45) is 10.2. The molecule has 0 N–H and O–H groups in total. The van der Waals surface area contributed by atoms with Crippen molar-refractivity contribution in [2.75, 3.05) is 0 Å². The van der Waals surface area contributed by atoms with Crippen molar-refractivity contribution < 1.29 is 14.1 Å². The lowest BCUT2D eigenvalue weighted by atomic mass is 9.94. The molecule has 200 valence electrons. The normalized spacial score (nSPS) is 10.9. The van der Waals surface area contributed by atoms with Crippen LogP contribution in [0.3, 0.4) is 0 Å². The van der Waals surface area contributed by atoms with Crippen LogP contribution in [0.2, 0.25) is 0 Å². The molecule has 0 saturated carbocycles. The molecule has 4 rings (SSSR count). The first-order valence-corrected chi connectivity index (χ1v) is 13.3. The van der Waals surface area contributed by atoms with Gasteiger partial charge in [0, 0.05) is 28.4 Å². The molecule has 0 unspecified atom stereocenters. The van der Waals surface area contributed by atoms with Crippen LogP contribution < -0.4 is 0 Å². The summed E-state index contributed by atoms with van der Waals surface area (Å²) in [4.78, 5) is 38.7. The maximum Gasteiger partial charge on any atom is 0.317 e. The number of unbranched alkanes of at least 4 members (excludes halogenated alkanes) is 6. The lowest BCUT2D eigenvalue weighted by molar-refractivity contribution is -0.384. The lowest BCUT2D eigenvalue weighted by Crippen LogP contribution is -2.02. The quantitative estimate of drug-likeness (QED) is 0.0745. The highest BCUT2D eigenvalue weighted by Crippen LogP contribution is 2.32. The van der Waals surface area contributed by atoms with E-state index < -0.39 is 10.8 Å². The van der Waals surface area contributed by atoms with E-state index in [9.17, 15) is 19.8 Å². The number of carbonyl (C=O) groups excluding carboxylic acids is 1. The molecule has 0 aliphatic rings. The van der Waals surface area contributed by atoms with Gasteiger partial charge in [-0.25, -0.2) is 4.98 Å². The first-order chi connectivity index (χ1) is 19.0. The van der Waals surface area contributed by atoms with Gasteiger partial charge in [-0.3, -0.25) is 14.9 Å². The van der Waals surface area contributed by atoms with E-state index in [1.54, 1.807) is 36.6 Å². The van der Waals surface area contributed by atoms with E-state index in [0.717, 1.165) is 41.5 Å². The number of nitroso groups, excluding NO2 is 1. The molecular formula is C31H31N3O5. The van der Waals surface area contributed by atoms with Gasteiger partial charge in [0.05, 0.1) is 16.9 Å². The highest BCUT2D eigenvalue weighted by Gasteiger charge is 2.16. The molecule has 4 aromatic rings. The standard InChI is InChI=1S/C31H31N3O5/c1-2-3-4-5-6-7-8-10-24-19-23(14-17-27(24)31(35)33-36)25-20-28(22-12-15-26(16-13-22)34(37)38)32-29(21-25)30-11-9-18-39-30/h9,11-21H,2-8,10H2,1H3. The predicted octanol–water partition coefficient (Wildman–Crippen LogP) is 8.78. The Labute approximate surface area is 227 Å². The smallest absolute Gasteiger partial charge is 0.317 e. The number of furan rings is 1. The van der Waals surface area contributed by atoms with Crippen molar-refractivity contribution in [3.63, 3.8) is 0 Å². The van der Waals surface area contributed by atoms with Gasteiger partial charge in [0.1, 0.15) is 5.69 Å². The maximum atomic E-state index is 12.3. The van der Waals surface area contributed by atoms with E-state index in [-0.39, 0.29) is 5.69 Å². The van der Waals surface area contributed by atoms with Crippen molar-refractivity contribution in [3.05, 3.63) is 99.1 Å². The van der Waals surface area contributed by atoms with Gasteiger partial charge in [0.2, 0.25) is 0 Å². The van der Waals surface area contributed by atoms with Crippen LogP contribution >= 0.6 is 0 Å². The minimum atomic E-state index is -0.767. The lowest BCUT2D eigenvalue weighted by Gasteiger charge is -2.12. The summed E-state index contributed by atoms with van der Waals surface area (Å²) in [5.74, 6) is -0.183. The molecule has 0 aliphatic heterocycles. The average molecular weight is 526 g/mol. The number of non-ortho nitro benzene ring substituents is 1. The molecule has 0 fully saturated rings. The van der Waals surface area contributed by atoms with Gasteiger partial charge in [-0.15, -0.1) is 4.91 Å². The van der Waals surface area contributed by atoms with Gasteiger partial charge in [0.25, 0.3) is 5.69 Å². The number of nitrogens with zero attached hydrogens (tertiary/aromatic N) is 3. The fourth-order valence-corrected chi connectivity index (χ4v) is 4.66. The molecule has 0 radical (unpaired) electrons. The SMILES string of the molecule is CCCCCCCCCc1cc(-c2cc(-c3ccc([N+](=O)[O-])cc3)nc(-c3ccco3)c2)ccc1C(=O)N=O.